The summed E-state index contributed by atoms with van der Waals surface area (Å²) in [6, 6.07) is 12.9. The lowest BCUT2D eigenvalue weighted by atomic mass is 9.96. The Morgan fingerprint density at radius 1 is 1.10 bits per heavy atom. The number of likely N-dealkylation sites (tertiary alicyclic amines) is 1. The maximum Gasteiger partial charge on any atom is 0.191 e. The molecule has 3 unspecified atom stereocenters. The van der Waals surface area contributed by atoms with Gasteiger partial charge < -0.3 is 15.5 Å². The first-order valence-corrected chi connectivity index (χ1v) is 12.6. The van der Waals surface area contributed by atoms with Gasteiger partial charge in [-0.15, -0.1) is 0 Å². The van der Waals surface area contributed by atoms with Gasteiger partial charge >= 0.3 is 0 Å². The summed E-state index contributed by atoms with van der Waals surface area (Å²) in [5.74, 6) is 2.49. The van der Waals surface area contributed by atoms with Crippen molar-refractivity contribution in [1.29, 1.82) is 0 Å². The van der Waals surface area contributed by atoms with E-state index in [1.165, 1.54) is 63.7 Å². The molecule has 172 valence electrons. The minimum Gasteiger partial charge on any atom is -0.356 e. The van der Waals surface area contributed by atoms with Crippen LogP contribution in [0.15, 0.2) is 35.3 Å². The van der Waals surface area contributed by atoms with E-state index in [0.717, 1.165) is 30.9 Å². The molecule has 2 N–H and O–H groups in total. The molecule has 0 aliphatic carbocycles. The normalized spacial score (nSPS) is 30.0. The fraction of sp³-hybridized carbons (Fsp3) is 0.731. The first kappa shape index (κ1) is 22.6. The van der Waals surface area contributed by atoms with E-state index in [-0.39, 0.29) is 0 Å². The van der Waals surface area contributed by atoms with Crippen molar-refractivity contribution in [3.8, 4) is 0 Å². The van der Waals surface area contributed by atoms with Crippen LogP contribution in [0.25, 0.3) is 0 Å². The standard InChI is InChI=1S/C26H43N5/c1-20(2)17-30-13-7-10-22(18-30)16-28-26(27-3)29-23-14-24-11-12-25(15-23)31(24)19-21-8-5-4-6-9-21/h4-6,8-9,20,22-25H,7,10-19H2,1-3H3,(H2,27,28,29). The number of fused-ring (bicyclic) bond motifs is 2. The van der Waals surface area contributed by atoms with Crippen molar-refractivity contribution in [2.75, 3.05) is 33.2 Å². The molecule has 3 fully saturated rings. The summed E-state index contributed by atoms with van der Waals surface area (Å²) in [4.78, 5) is 9.97. The number of guanidine groups is 1. The predicted octanol–water partition coefficient (Wildman–Crippen LogP) is 3.72. The third kappa shape index (κ3) is 6.23. The number of nitrogens with zero attached hydrogens (tertiary/aromatic N) is 3. The van der Waals surface area contributed by atoms with Gasteiger partial charge in [0.1, 0.15) is 0 Å². The summed E-state index contributed by atoms with van der Waals surface area (Å²) < 4.78 is 0. The summed E-state index contributed by atoms with van der Waals surface area (Å²) in [7, 11) is 1.92. The van der Waals surface area contributed by atoms with Gasteiger partial charge in [-0.2, -0.15) is 0 Å². The SMILES string of the molecule is CN=C(NCC1CCCN(CC(C)C)C1)NC1CC2CCC(C1)N2Cc1ccccc1. The Morgan fingerprint density at radius 2 is 1.84 bits per heavy atom. The van der Waals surface area contributed by atoms with Gasteiger partial charge in [-0.3, -0.25) is 9.89 Å². The fourth-order valence-corrected chi connectivity index (χ4v) is 6.07. The lowest BCUT2D eigenvalue weighted by Gasteiger charge is -2.40. The van der Waals surface area contributed by atoms with Crippen molar-refractivity contribution in [1.82, 2.24) is 20.4 Å². The molecule has 31 heavy (non-hydrogen) atoms. The molecule has 0 radical (unpaired) electrons. The molecule has 3 heterocycles. The van der Waals surface area contributed by atoms with E-state index in [1.807, 2.05) is 7.05 Å². The highest BCUT2D eigenvalue weighted by Gasteiger charge is 2.40. The number of nitrogens with one attached hydrogen (secondary N) is 2. The first-order chi connectivity index (χ1) is 15.1. The van der Waals surface area contributed by atoms with E-state index >= 15 is 0 Å². The van der Waals surface area contributed by atoms with Crippen LogP contribution in [-0.4, -0.2) is 67.1 Å². The summed E-state index contributed by atoms with van der Waals surface area (Å²) in [5, 5.41) is 7.43. The van der Waals surface area contributed by atoms with Gasteiger partial charge in [-0.25, -0.2) is 0 Å². The Labute approximate surface area is 189 Å². The quantitative estimate of drug-likeness (QED) is 0.516. The van der Waals surface area contributed by atoms with E-state index in [1.54, 1.807) is 0 Å². The molecule has 4 rings (SSSR count). The van der Waals surface area contributed by atoms with Crippen LogP contribution in [0.3, 0.4) is 0 Å². The highest BCUT2D eigenvalue weighted by molar-refractivity contribution is 5.80. The molecule has 2 bridgehead atoms. The summed E-state index contributed by atoms with van der Waals surface area (Å²) >= 11 is 0. The number of piperidine rings is 2. The average molecular weight is 426 g/mol. The number of aliphatic imine (C=N–C) groups is 1. The smallest absolute Gasteiger partial charge is 0.191 e. The van der Waals surface area contributed by atoms with Crippen LogP contribution >= 0.6 is 0 Å². The lowest BCUT2D eigenvalue weighted by molar-refractivity contribution is 0.114. The van der Waals surface area contributed by atoms with E-state index in [2.05, 4.69) is 69.6 Å². The second-order valence-electron chi connectivity index (χ2n) is 10.5. The zero-order valence-electron chi connectivity index (χ0n) is 19.9. The maximum absolute atomic E-state index is 4.56. The van der Waals surface area contributed by atoms with Crippen molar-refractivity contribution in [3.05, 3.63) is 35.9 Å². The number of benzene rings is 1. The molecular formula is C26H43N5. The Morgan fingerprint density at radius 3 is 2.52 bits per heavy atom. The maximum atomic E-state index is 4.56. The lowest BCUT2D eigenvalue weighted by Crippen LogP contribution is -2.53. The molecule has 0 aromatic heterocycles. The van der Waals surface area contributed by atoms with Crippen LogP contribution in [0, 0.1) is 11.8 Å². The first-order valence-electron chi connectivity index (χ1n) is 12.6. The van der Waals surface area contributed by atoms with Crippen molar-refractivity contribution in [3.63, 3.8) is 0 Å². The van der Waals surface area contributed by atoms with E-state index in [4.69, 9.17) is 0 Å². The van der Waals surface area contributed by atoms with Gasteiger partial charge in [0.05, 0.1) is 0 Å². The zero-order valence-corrected chi connectivity index (χ0v) is 19.9. The summed E-state index contributed by atoms with van der Waals surface area (Å²) in [5.41, 5.74) is 1.45. The summed E-state index contributed by atoms with van der Waals surface area (Å²) in [6.07, 6.45) is 7.81. The average Bonchev–Trinajstić information content (AvgIpc) is 2.99. The molecular weight excluding hydrogens is 382 g/mol. The number of rotatable bonds is 7. The molecule has 1 aromatic carbocycles. The van der Waals surface area contributed by atoms with E-state index in [9.17, 15) is 0 Å². The minimum atomic E-state index is 0.541. The monoisotopic (exact) mass is 425 g/mol. The molecule has 5 nitrogen and oxygen atoms in total. The van der Waals surface area contributed by atoms with Crippen LogP contribution < -0.4 is 10.6 Å². The molecule has 3 atom stereocenters. The molecule has 3 saturated heterocycles. The van der Waals surface area contributed by atoms with Gasteiger partial charge in [0, 0.05) is 51.4 Å². The Kier molecular flexibility index (Phi) is 7.89. The Balaban J connectivity index is 1.24. The van der Waals surface area contributed by atoms with Crippen LogP contribution in [0.2, 0.25) is 0 Å². The van der Waals surface area contributed by atoms with E-state index < -0.39 is 0 Å². The molecule has 1 aromatic rings. The van der Waals surface area contributed by atoms with Crippen LogP contribution in [0.4, 0.5) is 0 Å². The molecule has 0 saturated carbocycles. The number of hydrogen-bond acceptors (Lipinski definition) is 3. The predicted molar refractivity (Wildman–Crippen MR) is 130 cm³/mol. The molecule has 0 spiro atoms. The topological polar surface area (TPSA) is 42.9 Å². The van der Waals surface area contributed by atoms with Crippen molar-refractivity contribution < 1.29 is 0 Å². The van der Waals surface area contributed by atoms with Crippen molar-refractivity contribution in [2.45, 2.75) is 77.0 Å². The van der Waals surface area contributed by atoms with E-state index in [0.29, 0.717) is 18.1 Å². The summed E-state index contributed by atoms with van der Waals surface area (Å²) in [6.45, 7) is 10.5. The van der Waals surface area contributed by atoms with Gasteiger partial charge in [-0.05, 0) is 62.5 Å². The third-order valence-corrected chi connectivity index (χ3v) is 7.44. The molecule has 5 heteroatoms. The highest BCUT2D eigenvalue weighted by Crippen LogP contribution is 2.36. The third-order valence-electron chi connectivity index (χ3n) is 7.44. The molecule has 3 aliphatic heterocycles. The Hall–Kier alpha value is -1.59. The van der Waals surface area contributed by atoms with Crippen LogP contribution in [0.1, 0.15) is 57.9 Å². The second-order valence-corrected chi connectivity index (χ2v) is 10.5. The Bertz CT molecular complexity index is 689. The van der Waals surface area contributed by atoms with Gasteiger partial charge in [0.15, 0.2) is 5.96 Å². The largest absolute Gasteiger partial charge is 0.356 e. The van der Waals surface area contributed by atoms with Crippen molar-refractivity contribution in [2.24, 2.45) is 16.8 Å². The van der Waals surface area contributed by atoms with Crippen LogP contribution in [0.5, 0.6) is 0 Å². The van der Waals surface area contributed by atoms with Gasteiger partial charge in [0.25, 0.3) is 0 Å². The highest BCUT2D eigenvalue weighted by atomic mass is 15.3. The van der Waals surface area contributed by atoms with Crippen LogP contribution in [-0.2, 0) is 6.54 Å². The van der Waals surface area contributed by atoms with Crippen molar-refractivity contribution >= 4 is 5.96 Å². The second kappa shape index (κ2) is 10.8. The minimum absolute atomic E-state index is 0.541. The van der Waals surface area contributed by atoms with Gasteiger partial charge in [0.2, 0.25) is 0 Å². The van der Waals surface area contributed by atoms with Gasteiger partial charge in [-0.1, -0.05) is 44.2 Å². The molecule has 3 aliphatic rings. The molecule has 0 amide bonds. The zero-order chi connectivity index (χ0) is 21.6. The fourth-order valence-electron chi connectivity index (χ4n) is 6.07. The number of hydrogen-bond donors (Lipinski definition) is 2.